The number of hydrogen-bond acceptors (Lipinski definition) is 3. The van der Waals surface area contributed by atoms with Gasteiger partial charge >= 0.3 is 0 Å². The molecule has 1 N–H and O–H groups in total. The van der Waals surface area contributed by atoms with Gasteiger partial charge in [-0.3, -0.25) is 4.79 Å². The predicted octanol–water partition coefficient (Wildman–Crippen LogP) is 1.03. The molecular weight excluding hydrogens is 218 g/mol. The molecule has 2 rings (SSSR count). The van der Waals surface area contributed by atoms with Gasteiger partial charge in [0, 0.05) is 19.0 Å². The minimum atomic E-state index is 0.0788. The summed E-state index contributed by atoms with van der Waals surface area (Å²) in [4.78, 5) is 14.1. The van der Waals surface area contributed by atoms with Crippen LogP contribution in [-0.2, 0) is 9.53 Å². The van der Waals surface area contributed by atoms with E-state index in [1.165, 1.54) is 0 Å². The summed E-state index contributed by atoms with van der Waals surface area (Å²) in [6, 6.07) is 0. The number of carbonyl (C=O) groups excluding carboxylic acids is 1. The van der Waals surface area contributed by atoms with Crippen molar-refractivity contribution in [3.63, 3.8) is 0 Å². The van der Waals surface area contributed by atoms with E-state index in [1.807, 2.05) is 4.90 Å². The smallest absolute Gasteiger partial charge is 0.226 e. The van der Waals surface area contributed by atoms with E-state index in [-0.39, 0.29) is 24.0 Å². The van der Waals surface area contributed by atoms with Crippen LogP contribution in [0, 0.1) is 11.3 Å². The van der Waals surface area contributed by atoms with Crippen LogP contribution < -0.4 is 0 Å². The second-order valence-electron chi connectivity index (χ2n) is 5.86. The van der Waals surface area contributed by atoms with Gasteiger partial charge in [-0.25, -0.2) is 0 Å². The van der Waals surface area contributed by atoms with Crippen molar-refractivity contribution >= 4 is 5.91 Å². The minimum absolute atomic E-state index is 0.0788. The second kappa shape index (κ2) is 4.94. The van der Waals surface area contributed by atoms with Crippen LogP contribution in [-0.4, -0.2) is 48.3 Å². The van der Waals surface area contributed by atoms with Crippen LogP contribution in [0.5, 0.6) is 0 Å². The van der Waals surface area contributed by atoms with Gasteiger partial charge < -0.3 is 14.7 Å². The van der Waals surface area contributed by atoms with E-state index in [2.05, 4.69) is 13.8 Å². The Morgan fingerprint density at radius 1 is 1.41 bits per heavy atom. The first-order valence-corrected chi connectivity index (χ1v) is 6.56. The Labute approximate surface area is 103 Å². The van der Waals surface area contributed by atoms with E-state index in [9.17, 15) is 4.79 Å². The normalized spacial score (nSPS) is 28.2. The molecule has 0 radical (unpaired) electrons. The van der Waals surface area contributed by atoms with Crippen LogP contribution >= 0.6 is 0 Å². The van der Waals surface area contributed by atoms with Crippen LogP contribution in [0.15, 0.2) is 0 Å². The maximum absolute atomic E-state index is 12.1. The van der Waals surface area contributed by atoms with Crippen LogP contribution in [0.25, 0.3) is 0 Å². The molecule has 1 unspecified atom stereocenters. The molecule has 0 spiro atoms. The fourth-order valence-electron chi connectivity index (χ4n) is 2.57. The van der Waals surface area contributed by atoms with Crippen LogP contribution in [0.3, 0.4) is 0 Å². The number of aliphatic hydroxyl groups excluding tert-OH is 1. The number of ether oxygens (including phenoxy) is 1. The Balaban J connectivity index is 1.74. The Hall–Kier alpha value is -0.610. The molecule has 0 aromatic heterocycles. The lowest BCUT2D eigenvalue weighted by atomic mass is 10.1. The molecule has 1 aliphatic carbocycles. The highest BCUT2D eigenvalue weighted by Gasteiger charge is 2.52. The zero-order valence-corrected chi connectivity index (χ0v) is 10.8. The Bertz CT molecular complexity index is 282. The van der Waals surface area contributed by atoms with Crippen molar-refractivity contribution in [1.82, 2.24) is 4.90 Å². The van der Waals surface area contributed by atoms with Gasteiger partial charge in [0.05, 0.1) is 19.3 Å². The van der Waals surface area contributed by atoms with Crippen LogP contribution in [0.4, 0.5) is 0 Å². The third-order valence-electron chi connectivity index (χ3n) is 4.01. The average Bonchev–Trinajstić information content (AvgIpc) is 2.95. The molecule has 4 nitrogen and oxygen atoms in total. The Kier molecular flexibility index (Phi) is 3.73. The SMILES string of the molecule is CC1(C)CC1C(=O)N1CCC(OCCO)CC1. The molecule has 17 heavy (non-hydrogen) atoms. The first kappa shape index (κ1) is 12.8. The number of piperidine rings is 1. The maximum atomic E-state index is 12.1. The standard InChI is InChI=1S/C13H23NO3/c1-13(2)9-11(13)12(16)14-5-3-10(4-6-14)17-8-7-15/h10-11,15H,3-9H2,1-2H3. The molecule has 1 amide bonds. The van der Waals surface area contributed by atoms with E-state index in [0.717, 1.165) is 32.4 Å². The van der Waals surface area contributed by atoms with Gasteiger partial charge in [-0.15, -0.1) is 0 Å². The largest absolute Gasteiger partial charge is 0.394 e. The monoisotopic (exact) mass is 241 g/mol. The van der Waals surface area contributed by atoms with Crippen molar-refractivity contribution in [3.05, 3.63) is 0 Å². The molecule has 1 saturated heterocycles. The number of aliphatic hydroxyl groups is 1. The Morgan fingerprint density at radius 2 is 2.00 bits per heavy atom. The van der Waals surface area contributed by atoms with Gasteiger partial charge in [-0.05, 0) is 24.7 Å². The molecule has 0 bridgehead atoms. The van der Waals surface area contributed by atoms with Crippen molar-refractivity contribution in [2.24, 2.45) is 11.3 Å². The summed E-state index contributed by atoms with van der Waals surface area (Å²) in [5.74, 6) is 0.577. The summed E-state index contributed by atoms with van der Waals surface area (Å²) < 4.78 is 5.49. The molecule has 98 valence electrons. The Morgan fingerprint density at radius 3 is 2.47 bits per heavy atom. The summed E-state index contributed by atoms with van der Waals surface area (Å²) in [5, 5.41) is 8.69. The zero-order valence-electron chi connectivity index (χ0n) is 10.8. The molecule has 2 fully saturated rings. The zero-order chi connectivity index (χ0) is 12.5. The lowest BCUT2D eigenvalue weighted by Gasteiger charge is -2.32. The first-order chi connectivity index (χ1) is 8.04. The van der Waals surface area contributed by atoms with Gasteiger partial charge in [0.15, 0.2) is 0 Å². The summed E-state index contributed by atoms with van der Waals surface area (Å²) in [6.45, 7) is 6.42. The maximum Gasteiger partial charge on any atom is 0.226 e. The molecule has 1 atom stereocenters. The van der Waals surface area contributed by atoms with Crippen molar-refractivity contribution < 1.29 is 14.6 Å². The number of hydrogen-bond donors (Lipinski definition) is 1. The number of amides is 1. The third kappa shape index (κ3) is 2.99. The van der Waals surface area contributed by atoms with E-state index in [1.54, 1.807) is 0 Å². The molecule has 1 aliphatic heterocycles. The molecule has 2 aliphatic rings. The summed E-state index contributed by atoms with van der Waals surface area (Å²) in [7, 11) is 0. The molecule has 0 aromatic rings. The fourth-order valence-corrected chi connectivity index (χ4v) is 2.57. The first-order valence-electron chi connectivity index (χ1n) is 6.56. The van der Waals surface area contributed by atoms with Crippen molar-refractivity contribution in [1.29, 1.82) is 0 Å². The number of carbonyl (C=O) groups is 1. The number of likely N-dealkylation sites (tertiary alicyclic amines) is 1. The van der Waals surface area contributed by atoms with Gasteiger partial charge in [0.2, 0.25) is 5.91 Å². The summed E-state index contributed by atoms with van der Waals surface area (Å²) in [5.41, 5.74) is 0.224. The number of nitrogens with zero attached hydrogens (tertiary/aromatic N) is 1. The van der Waals surface area contributed by atoms with Crippen molar-refractivity contribution in [2.75, 3.05) is 26.3 Å². The highest BCUT2D eigenvalue weighted by molar-refractivity contribution is 5.82. The topological polar surface area (TPSA) is 49.8 Å². The fraction of sp³-hybridized carbons (Fsp3) is 0.923. The second-order valence-corrected chi connectivity index (χ2v) is 5.86. The van der Waals surface area contributed by atoms with Crippen molar-refractivity contribution in [2.45, 2.75) is 39.2 Å². The molecular formula is C13H23NO3. The van der Waals surface area contributed by atoms with Gasteiger partial charge in [0.25, 0.3) is 0 Å². The summed E-state index contributed by atoms with van der Waals surface area (Å²) >= 11 is 0. The predicted molar refractivity (Wildman–Crippen MR) is 64.5 cm³/mol. The van der Waals surface area contributed by atoms with E-state index < -0.39 is 0 Å². The molecule has 4 heteroatoms. The van der Waals surface area contributed by atoms with Gasteiger partial charge in [0.1, 0.15) is 0 Å². The highest BCUT2D eigenvalue weighted by Crippen LogP contribution is 2.52. The van der Waals surface area contributed by atoms with Crippen LogP contribution in [0.2, 0.25) is 0 Å². The average molecular weight is 241 g/mol. The van der Waals surface area contributed by atoms with Crippen LogP contribution in [0.1, 0.15) is 33.1 Å². The number of rotatable bonds is 4. The molecule has 1 heterocycles. The van der Waals surface area contributed by atoms with E-state index in [4.69, 9.17) is 9.84 Å². The van der Waals surface area contributed by atoms with Gasteiger partial charge in [-0.1, -0.05) is 13.8 Å². The van der Waals surface area contributed by atoms with E-state index in [0.29, 0.717) is 12.5 Å². The lowest BCUT2D eigenvalue weighted by molar-refractivity contribution is -0.136. The highest BCUT2D eigenvalue weighted by atomic mass is 16.5. The summed E-state index contributed by atoms with van der Waals surface area (Å²) in [6.07, 6.45) is 3.06. The molecule has 1 saturated carbocycles. The minimum Gasteiger partial charge on any atom is -0.394 e. The van der Waals surface area contributed by atoms with E-state index >= 15 is 0 Å². The lowest BCUT2D eigenvalue weighted by Crippen LogP contribution is -2.42. The molecule has 0 aromatic carbocycles. The van der Waals surface area contributed by atoms with Crippen molar-refractivity contribution in [3.8, 4) is 0 Å². The van der Waals surface area contributed by atoms with Gasteiger partial charge in [-0.2, -0.15) is 0 Å². The quantitative estimate of drug-likeness (QED) is 0.800. The third-order valence-corrected chi connectivity index (χ3v) is 4.01.